The number of anilines is 1. The number of pyridine rings is 1. The van der Waals surface area contributed by atoms with Gasteiger partial charge in [0, 0.05) is 11.4 Å². The van der Waals surface area contributed by atoms with Crippen molar-refractivity contribution in [3.8, 4) is 0 Å². The number of hydrogen-bond acceptors (Lipinski definition) is 2. The average Bonchev–Trinajstić information content (AvgIpc) is 2.83. The lowest BCUT2D eigenvalue weighted by atomic mass is 10.1. The van der Waals surface area contributed by atoms with Crippen molar-refractivity contribution in [2.75, 3.05) is 5.73 Å². The first-order chi connectivity index (χ1) is 8.27. The minimum atomic E-state index is 0.0625. The van der Waals surface area contributed by atoms with E-state index in [1.165, 1.54) is 12.8 Å². The Balaban J connectivity index is 2.27. The number of benzene rings is 1. The molecule has 0 unspecified atom stereocenters. The van der Waals surface area contributed by atoms with Crippen LogP contribution in [0.3, 0.4) is 0 Å². The summed E-state index contributed by atoms with van der Waals surface area (Å²) in [6.07, 6.45) is 4.54. The molecule has 2 aromatic rings. The second kappa shape index (κ2) is 3.91. The zero-order chi connectivity index (χ0) is 11.8. The van der Waals surface area contributed by atoms with Crippen LogP contribution in [0.4, 0.5) is 5.82 Å². The van der Waals surface area contributed by atoms with Gasteiger partial charge in [-0.15, -0.1) is 0 Å². The highest BCUT2D eigenvalue weighted by molar-refractivity contribution is 5.83. The number of nitrogens with zero attached hydrogens (tertiary/aromatic N) is 1. The third-order valence-electron chi connectivity index (χ3n) is 3.68. The van der Waals surface area contributed by atoms with Crippen molar-refractivity contribution in [3.05, 3.63) is 40.7 Å². The molecular weight excluding hydrogens is 212 g/mol. The number of nitrogens with two attached hydrogens (primary N) is 1. The lowest BCUT2D eigenvalue weighted by molar-refractivity contribution is 0.512. The molecule has 1 aliphatic rings. The first-order valence-corrected chi connectivity index (χ1v) is 6.17. The molecule has 0 radical (unpaired) electrons. The van der Waals surface area contributed by atoms with Gasteiger partial charge in [-0.1, -0.05) is 31.0 Å². The Kier molecular flexibility index (Phi) is 2.39. The van der Waals surface area contributed by atoms with Crippen molar-refractivity contribution >= 4 is 16.6 Å². The summed E-state index contributed by atoms with van der Waals surface area (Å²) in [5.74, 6) is 0.598. The number of rotatable bonds is 1. The van der Waals surface area contributed by atoms with Crippen LogP contribution in [-0.4, -0.2) is 4.57 Å². The Hall–Kier alpha value is -1.77. The van der Waals surface area contributed by atoms with Gasteiger partial charge in [-0.05, 0) is 30.4 Å². The molecule has 1 aromatic carbocycles. The molecule has 1 fully saturated rings. The molecule has 1 heterocycles. The van der Waals surface area contributed by atoms with Crippen molar-refractivity contribution < 1.29 is 0 Å². The van der Waals surface area contributed by atoms with Crippen molar-refractivity contribution in [2.24, 2.45) is 0 Å². The Morgan fingerprint density at radius 3 is 2.65 bits per heavy atom. The predicted molar refractivity (Wildman–Crippen MR) is 70.1 cm³/mol. The normalized spacial score (nSPS) is 16.7. The van der Waals surface area contributed by atoms with Gasteiger partial charge < -0.3 is 5.73 Å². The fraction of sp³-hybridized carbons (Fsp3) is 0.357. The molecule has 0 amide bonds. The highest BCUT2D eigenvalue weighted by Crippen LogP contribution is 2.30. The number of nitrogen functional groups attached to an aromatic ring is 1. The van der Waals surface area contributed by atoms with Crippen molar-refractivity contribution in [1.29, 1.82) is 0 Å². The van der Waals surface area contributed by atoms with Gasteiger partial charge in [0.25, 0.3) is 5.56 Å². The molecule has 88 valence electrons. The van der Waals surface area contributed by atoms with E-state index >= 15 is 0 Å². The molecular formula is C14H16N2O. The van der Waals surface area contributed by atoms with Gasteiger partial charge in [0.05, 0.1) is 0 Å². The molecule has 0 bridgehead atoms. The van der Waals surface area contributed by atoms with Crippen LogP contribution in [-0.2, 0) is 0 Å². The quantitative estimate of drug-likeness (QED) is 0.815. The van der Waals surface area contributed by atoms with Gasteiger partial charge in [-0.2, -0.15) is 0 Å². The lowest BCUT2D eigenvalue weighted by Crippen LogP contribution is -2.26. The number of hydrogen-bond donors (Lipinski definition) is 1. The van der Waals surface area contributed by atoms with Crippen LogP contribution in [0.15, 0.2) is 35.1 Å². The minimum absolute atomic E-state index is 0.0625. The molecule has 0 atom stereocenters. The second-order valence-electron chi connectivity index (χ2n) is 4.77. The molecule has 3 nitrogen and oxygen atoms in total. The van der Waals surface area contributed by atoms with E-state index in [1.807, 2.05) is 30.3 Å². The first kappa shape index (κ1) is 10.4. The number of fused-ring (bicyclic) bond motifs is 1. The Labute approximate surface area is 99.9 Å². The fourth-order valence-corrected chi connectivity index (χ4v) is 2.83. The molecule has 0 aliphatic heterocycles. The third kappa shape index (κ3) is 1.62. The first-order valence-electron chi connectivity index (χ1n) is 6.17. The van der Waals surface area contributed by atoms with E-state index in [4.69, 9.17) is 5.73 Å². The van der Waals surface area contributed by atoms with Crippen molar-refractivity contribution in [2.45, 2.75) is 31.7 Å². The van der Waals surface area contributed by atoms with E-state index in [0.29, 0.717) is 11.9 Å². The predicted octanol–water partition coefficient (Wildman–Crippen LogP) is 2.70. The van der Waals surface area contributed by atoms with Gasteiger partial charge in [0.2, 0.25) is 0 Å². The van der Waals surface area contributed by atoms with Crippen LogP contribution >= 0.6 is 0 Å². The molecule has 1 aromatic heterocycles. The summed E-state index contributed by atoms with van der Waals surface area (Å²) in [5, 5.41) is 1.71. The van der Waals surface area contributed by atoms with Crippen LogP contribution < -0.4 is 11.3 Å². The van der Waals surface area contributed by atoms with Gasteiger partial charge in [-0.25, -0.2) is 0 Å². The Bertz CT molecular complexity index is 609. The summed E-state index contributed by atoms with van der Waals surface area (Å²) >= 11 is 0. The summed E-state index contributed by atoms with van der Waals surface area (Å²) < 4.78 is 1.79. The van der Waals surface area contributed by atoms with E-state index < -0.39 is 0 Å². The van der Waals surface area contributed by atoms with Gasteiger partial charge >= 0.3 is 0 Å². The van der Waals surface area contributed by atoms with Gasteiger partial charge in [0.15, 0.2) is 0 Å². The molecule has 0 saturated heterocycles. The minimum Gasteiger partial charge on any atom is -0.385 e. The van der Waals surface area contributed by atoms with E-state index in [0.717, 1.165) is 23.6 Å². The smallest absolute Gasteiger partial charge is 0.260 e. The van der Waals surface area contributed by atoms with Gasteiger partial charge in [-0.3, -0.25) is 9.36 Å². The highest BCUT2D eigenvalue weighted by atomic mass is 16.1. The van der Waals surface area contributed by atoms with E-state index in [-0.39, 0.29) is 5.56 Å². The molecule has 17 heavy (non-hydrogen) atoms. The summed E-state index contributed by atoms with van der Waals surface area (Å²) in [5.41, 5.74) is 6.09. The molecule has 1 aliphatic carbocycles. The summed E-state index contributed by atoms with van der Waals surface area (Å²) in [7, 11) is 0. The van der Waals surface area contributed by atoms with Crippen LogP contribution in [0, 0.1) is 0 Å². The van der Waals surface area contributed by atoms with Crippen LogP contribution in [0.25, 0.3) is 10.8 Å². The maximum atomic E-state index is 12.4. The van der Waals surface area contributed by atoms with Crippen LogP contribution in [0.2, 0.25) is 0 Å². The third-order valence-corrected chi connectivity index (χ3v) is 3.68. The zero-order valence-electron chi connectivity index (χ0n) is 9.73. The average molecular weight is 228 g/mol. The second-order valence-corrected chi connectivity index (χ2v) is 4.77. The van der Waals surface area contributed by atoms with Crippen molar-refractivity contribution in [1.82, 2.24) is 4.57 Å². The van der Waals surface area contributed by atoms with E-state index in [2.05, 4.69) is 0 Å². The number of aromatic nitrogens is 1. The standard InChI is InChI=1S/C14H16N2O/c15-13-9-10-5-1-4-8-12(10)14(17)16(13)11-6-2-3-7-11/h1,4-5,8-9,11H,2-3,6-7,15H2. The summed E-state index contributed by atoms with van der Waals surface area (Å²) in [6, 6.07) is 9.86. The molecule has 3 rings (SSSR count). The maximum absolute atomic E-state index is 12.4. The van der Waals surface area contributed by atoms with E-state index in [1.54, 1.807) is 4.57 Å². The highest BCUT2D eigenvalue weighted by Gasteiger charge is 2.20. The van der Waals surface area contributed by atoms with Crippen molar-refractivity contribution in [3.63, 3.8) is 0 Å². The van der Waals surface area contributed by atoms with E-state index in [9.17, 15) is 4.79 Å². The van der Waals surface area contributed by atoms with Crippen LogP contribution in [0.5, 0.6) is 0 Å². The SMILES string of the molecule is Nc1cc2ccccc2c(=O)n1C1CCCC1. The maximum Gasteiger partial charge on any atom is 0.260 e. The molecule has 1 saturated carbocycles. The lowest BCUT2D eigenvalue weighted by Gasteiger charge is -2.17. The Morgan fingerprint density at radius 2 is 1.88 bits per heavy atom. The summed E-state index contributed by atoms with van der Waals surface area (Å²) in [6.45, 7) is 0. The fourth-order valence-electron chi connectivity index (χ4n) is 2.83. The zero-order valence-corrected chi connectivity index (χ0v) is 9.73. The molecule has 3 heteroatoms. The largest absolute Gasteiger partial charge is 0.385 e. The topological polar surface area (TPSA) is 48.0 Å². The van der Waals surface area contributed by atoms with Gasteiger partial charge in [0.1, 0.15) is 5.82 Å². The summed E-state index contributed by atoms with van der Waals surface area (Å²) in [4.78, 5) is 12.4. The molecule has 0 spiro atoms. The Morgan fingerprint density at radius 1 is 1.18 bits per heavy atom. The van der Waals surface area contributed by atoms with Crippen LogP contribution in [0.1, 0.15) is 31.7 Å². The molecule has 2 N–H and O–H groups in total. The monoisotopic (exact) mass is 228 g/mol.